The largest absolute Gasteiger partial charge is 0.493 e. The van der Waals surface area contributed by atoms with Crippen molar-refractivity contribution < 1.29 is 14.3 Å². The Bertz CT molecular complexity index is 455. The van der Waals surface area contributed by atoms with Gasteiger partial charge >= 0.3 is 0 Å². The Balaban J connectivity index is 1.96. The first-order chi connectivity index (χ1) is 8.72. The Morgan fingerprint density at radius 1 is 1.28 bits per heavy atom. The number of carbonyl (C=O) groups excluding carboxylic acids is 2. The lowest BCUT2D eigenvalue weighted by Gasteiger charge is -2.10. The maximum Gasteiger partial charge on any atom is 0.273 e. The molecule has 5 heteroatoms. The molecule has 0 unspecified atom stereocenters. The van der Waals surface area contributed by atoms with Gasteiger partial charge in [-0.15, -0.1) is 0 Å². The average Bonchev–Trinajstić information content (AvgIpc) is 3.21. The summed E-state index contributed by atoms with van der Waals surface area (Å²) in [6.45, 7) is 2.34. The molecule has 2 N–H and O–H groups in total. The van der Waals surface area contributed by atoms with E-state index in [1.807, 2.05) is 6.92 Å². The number of benzene rings is 1. The fourth-order valence-corrected chi connectivity index (χ4v) is 1.57. The van der Waals surface area contributed by atoms with Gasteiger partial charge in [-0.05, 0) is 31.9 Å². The van der Waals surface area contributed by atoms with E-state index in [4.69, 9.17) is 4.74 Å². The molecule has 2 amide bonds. The lowest BCUT2D eigenvalue weighted by molar-refractivity contribution is -0.123. The summed E-state index contributed by atoms with van der Waals surface area (Å²) in [4.78, 5) is 23.3. The molecule has 0 radical (unpaired) electrons. The van der Waals surface area contributed by atoms with Crippen LogP contribution in [0.15, 0.2) is 24.3 Å². The van der Waals surface area contributed by atoms with E-state index in [2.05, 4.69) is 10.9 Å². The maximum absolute atomic E-state index is 11.9. The number of rotatable bonds is 4. The number of nitrogens with one attached hydrogen (secondary N) is 2. The molecule has 0 bridgehead atoms. The smallest absolute Gasteiger partial charge is 0.273 e. The number of ether oxygens (including phenoxy) is 1. The van der Waals surface area contributed by atoms with Crippen LogP contribution in [0, 0.1) is 5.92 Å². The van der Waals surface area contributed by atoms with Crippen LogP contribution >= 0.6 is 0 Å². The van der Waals surface area contributed by atoms with Gasteiger partial charge in [0.05, 0.1) is 12.2 Å². The van der Waals surface area contributed by atoms with Crippen molar-refractivity contribution in [1.82, 2.24) is 10.9 Å². The zero-order valence-electron chi connectivity index (χ0n) is 10.2. The van der Waals surface area contributed by atoms with Crippen molar-refractivity contribution >= 4 is 11.8 Å². The highest BCUT2D eigenvalue weighted by Crippen LogP contribution is 2.28. The van der Waals surface area contributed by atoms with Crippen molar-refractivity contribution in [3.8, 4) is 5.75 Å². The summed E-state index contributed by atoms with van der Waals surface area (Å²) >= 11 is 0. The number of para-hydroxylation sites is 1. The van der Waals surface area contributed by atoms with E-state index in [1.54, 1.807) is 24.3 Å². The topological polar surface area (TPSA) is 67.4 Å². The van der Waals surface area contributed by atoms with E-state index in [1.165, 1.54) is 0 Å². The van der Waals surface area contributed by atoms with E-state index in [0.29, 0.717) is 17.9 Å². The number of hydrogen-bond acceptors (Lipinski definition) is 3. The number of hydrogen-bond donors (Lipinski definition) is 2. The third-order valence-electron chi connectivity index (χ3n) is 2.68. The monoisotopic (exact) mass is 248 g/mol. The molecule has 1 aliphatic rings. The van der Waals surface area contributed by atoms with E-state index in [0.717, 1.165) is 12.8 Å². The molecule has 0 atom stereocenters. The van der Waals surface area contributed by atoms with E-state index in [-0.39, 0.29) is 17.7 Å². The maximum atomic E-state index is 11.9. The molecule has 0 aliphatic heterocycles. The zero-order chi connectivity index (χ0) is 13.0. The average molecular weight is 248 g/mol. The van der Waals surface area contributed by atoms with Gasteiger partial charge in [0.15, 0.2) is 0 Å². The first kappa shape index (κ1) is 12.4. The second-order valence-corrected chi connectivity index (χ2v) is 4.15. The van der Waals surface area contributed by atoms with Gasteiger partial charge in [-0.25, -0.2) is 0 Å². The van der Waals surface area contributed by atoms with E-state index in [9.17, 15) is 9.59 Å². The molecule has 5 nitrogen and oxygen atoms in total. The molecule has 1 saturated carbocycles. The lowest BCUT2D eigenvalue weighted by atomic mass is 10.2. The van der Waals surface area contributed by atoms with Crippen molar-refractivity contribution in [3.05, 3.63) is 29.8 Å². The van der Waals surface area contributed by atoms with Crippen LogP contribution in [0.5, 0.6) is 5.75 Å². The Kier molecular flexibility index (Phi) is 3.82. The van der Waals surface area contributed by atoms with E-state index < -0.39 is 0 Å². The lowest BCUT2D eigenvalue weighted by Crippen LogP contribution is -2.42. The van der Waals surface area contributed by atoms with Crippen LogP contribution < -0.4 is 15.6 Å². The third-order valence-corrected chi connectivity index (χ3v) is 2.68. The molecule has 0 aromatic heterocycles. The molecule has 18 heavy (non-hydrogen) atoms. The molecule has 1 aliphatic carbocycles. The van der Waals surface area contributed by atoms with Gasteiger partial charge in [0.1, 0.15) is 5.75 Å². The van der Waals surface area contributed by atoms with Gasteiger partial charge < -0.3 is 4.74 Å². The SMILES string of the molecule is CCOc1ccccc1C(=O)NNC(=O)C1CC1. The van der Waals surface area contributed by atoms with Crippen LogP contribution in [-0.4, -0.2) is 18.4 Å². The summed E-state index contributed by atoms with van der Waals surface area (Å²) in [7, 11) is 0. The van der Waals surface area contributed by atoms with Gasteiger partial charge in [0.25, 0.3) is 5.91 Å². The first-order valence-corrected chi connectivity index (χ1v) is 6.04. The van der Waals surface area contributed by atoms with E-state index >= 15 is 0 Å². The van der Waals surface area contributed by atoms with Crippen molar-refractivity contribution in [2.24, 2.45) is 5.92 Å². The molecular formula is C13H16N2O3. The van der Waals surface area contributed by atoms with Crippen LogP contribution in [0.4, 0.5) is 0 Å². The van der Waals surface area contributed by atoms with Crippen molar-refractivity contribution in [1.29, 1.82) is 0 Å². The molecule has 96 valence electrons. The summed E-state index contributed by atoms with van der Waals surface area (Å²) in [5, 5.41) is 0. The molecular weight excluding hydrogens is 232 g/mol. The Labute approximate surface area is 105 Å². The van der Waals surface area contributed by atoms with Gasteiger partial charge in [-0.1, -0.05) is 12.1 Å². The molecule has 1 aromatic carbocycles. The van der Waals surface area contributed by atoms with Crippen LogP contribution in [0.1, 0.15) is 30.1 Å². The number of amides is 2. The molecule has 2 rings (SSSR count). The van der Waals surface area contributed by atoms with Gasteiger partial charge in [-0.3, -0.25) is 20.4 Å². The second kappa shape index (κ2) is 5.53. The fourth-order valence-electron chi connectivity index (χ4n) is 1.57. The van der Waals surface area contributed by atoms with Crippen molar-refractivity contribution in [2.45, 2.75) is 19.8 Å². The highest BCUT2D eigenvalue weighted by molar-refractivity contribution is 5.98. The molecule has 0 heterocycles. The van der Waals surface area contributed by atoms with Gasteiger partial charge in [0.2, 0.25) is 5.91 Å². The molecule has 0 saturated heterocycles. The number of carbonyl (C=O) groups is 2. The third kappa shape index (κ3) is 3.00. The minimum Gasteiger partial charge on any atom is -0.493 e. The van der Waals surface area contributed by atoms with Gasteiger partial charge in [0, 0.05) is 5.92 Å². The predicted octanol–water partition coefficient (Wildman–Crippen LogP) is 1.26. The standard InChI is InChI=1S/C13H16N2O3/c1-2-18-11-6-4-3-5-10(11)13(17)15-14-12(16)9-7-8-9/h3-6,9H,2,7-8H2,1H3,(H,14,16)(H,15,17). The Morgan fingerprint density at radius 2 is 2.00 bits per heavy atom. The normalized spacial score (nSPS) is 13.8. The number of hydrazine groups is 1. The summed E-state index contributed by atoms with van der Waals surface area (Å²) in [6, 6.07) is 6.93. The zero-order valence-corrected chi connectivity index (χ0v) is 10.2. The predicted molar refractivity (Wildman–Crippen MR) is 65.9 cm³/mol. The fraction of sp³-hybridized carbons (Fsp3) is 0.385. The molecule has 1 fully saturated rings. The summed E-state index contributed by atoms with van der Waals surface area (Å²) < 4.78 is 5.35. The molecule has 0 spiro atoms. The first-order valence-electron chi connectivity index (χ1n) is 6.04. The van der Waals surface area contributed by atoms with Crippen LogP contribution in [0.25, 0.3) is 0 Å². The Hall–Kier alpha value is -2.04. The van der Waals surface area contributed by atoms with Gasteiger partial charge in [-0.2, -0.15) is 0 Å². The minimum atomic E-state index is -0.368. The second-order valence-electron chi connectivity index (χ2n) is 4.15. The Morgan fingerprint density at radius 3 is 2.67 bits per heavy atom. The van der Waals surface area contributed by atoms with Crippen molar-refractivity contribution in [3.63, 3.8) is 0 Å². The molecule has 1 aromatic rings. The van der Waals surface area contributed by atoms with Crippen LogP contribution in [0.2, 0.25) is 0 Å². The summed E-state index contributed by atoms with van der Waals surface area (Å²) in [5.41, 5.74) is 5.23. The van der Waals surface area contributed by atoms with Crippen LogP contribution in [-0.2, 0) is 4.79 Å². The summed E-state index contributed by atoms with van der Waals surface area (Å²) in [6.07, 6.45) is 1.80. The quantitative estimate of drug-likeness (QED) is 0.788. The minimum absolute atomic E-state index is 0.0624. The highest BCUT2D eigenvalue weighted by Gasteiger charge is 2.29. The van der Waals surface area contributed by atoms with Crippen molar-refractivity contribution in [2.75, 3.05) is 6.61 Å². The summed E-state index contributed by atoms with van der Waals surface area (Å²) in [5.74, 6) is 0.0795. The highest BCUT2D eigenvalue weighted by atomic mass is 16.5. The van der Waals surface area contributed by atoms with Crippen LogP contribution in [0.3, 0.4) is 0 Å².